The van der Waals surface area contributed by atoms with Gasteiger partial charge in [-0.3, -0.25) is 4.98 Å². The van der Waals surface area contributed by atoms with Crippen LogP contribution in [-0.2, 0) is 18.3 Å². The topological polar surface area (TPSA) is 78.1 Å². The normalized spacial score (nSPS) is 12.0. The third-order valence-corrected chi connectivity index (χ3v) is 5.54. The summed E-state index contributed by atoms with van der Waals surface area (Å²) in [4.78, 5) is 14.9. The number of rotatable bonds is 7. The minimum Gasteiger partial charge on any atom is -0.394 e. The van der Waals surface area contributed by atoms with E-state index in [4.69, 9.17) is 14.8 Å². The van der Waals surface area contributed by atoms with Crippen LogP contribution >= 0.6 is 23.5 Å². The van der Waals surface area contributed by atoms with Crippen molar-refractivity contribution in [2.75, 3.05) is 24.9 Å². The van der Waals surface area contributed by atoms with E-state index in [0.717, 1.165) is 56.7 Å². The van der Waals surface area contributed by atoms with Crippen molar-refractivity contribution in [2.45, 2.75) is 20.3 Å². The summed E-state index contributed by atoms with van der Waals surface area (Å²) in [6.45, 7) is 4.62. The van der Waals surface area contributed by atoms with Crippen LogP contribution in [0.1, 0.15) is 23.7 Å². The highest BCUT2D eigenvalue weighted by molar-refractivity contribution is 8.13. The van der Waals surface area contributed by atoms with Gasteiger partial charge in [0.15, 0.2) is 11.5 Å². The molecule has 0 aliphatic carbocycles. The van der Waals surface area contributed by atoms with E-state index >= 15 is 0 Å². The van der Waals surface area contributed by atoms with E-state index in [-0.39, 0.29) is 0 Å². The van der Waals surface area contributed by atoms with E-state index in [2.05, 4.69) is 28.3 Å². The standard InChI is InChI=1S/C19H24N6OS2/c1-6-13-10-14(19(28-5)24-26-7-8-27-4)11-20-16(13)18-21-15-9-12(2)22-23-17(15)25(18)3/h9-11H,6-8H2,1-5H3/b24-19-. The Morgan fingerprint density at radius 1 is 1.25 bits per heavy atom. The molecule has 0 aromatic carbocycles. The first-order chi connectivity index (χ1) is 13.6. The molecule has 0 unspecified atom stereocenters. The first-order valence-electron chi connectivity index (χ1n) is 8.98. The number of hydrogen-bond donors (Lipinski definition) is 0. The van der Waals surface area contributed by atoms with Gasteiger partial charge >= 0.3 is 0 Å². The lowest BCUT2D eigenvalue weighted by molar-refractivity contribution is 0.162. The molecule has 28 heavy (non-hydrogen) atoms. The molecule has 3 aromatic rings. The lowest BCUT2D eigenvalue weighted by Crippen LogP contribution is -2.04. The summed E-state index contributed by atoms with van der Waals surface area (Å²) in [5.74, 6) is 1.70. The van der Waals surface area contributed by atoms with Crippen LogP contribution in [-0.4, -0.2) is 54.6 Å². The van der Waals surface area contributed by atoms with Gasteiger partial charge in [0.25, 0.3) is 0 Å². The molecule has 9 heteroatoms. The minimum atomic E-state index is 0.595. The summed E-state index contributed by atoms with van der Waals surface area (Å²) in [6.07, 6.45) is 6.70. The first-order valence-corrected chi connectivity index (χ1v) is 11.6. The van der Waals surface area contributed by atoms with Crippen molar-refractivity contribution in [1.82, 2.24) is 24.7 Å². The first kappa shape index (κ1) is 20.6. The van der Waals surface area contributed by atoms with Crippen LogP contribution in [0.3, 0.4) is 0 Å². The van der Waals surface area contributed by atoms with Gasteiger partial charge in [0, 0.05) is 24.6 Å². The molecule has 3 rings (SSSR count). The summed E-state index contributed by atoms with van der Waals surface area (Å²) in [5.41, 5.74) is 5.33. The number of aryl methyl sites for hydroxylation is 3. The molecule has 0 amide bonds. The van der Waals surface area contributed by atoms with Crippen molar-refractivity contribution in [1.29, 1.82) is 0 Å². The van der Waals surface area contributed by atoms with Gasteiger partial charge < -0.3 is 9.40 Å². The Morgan fingerprint density at radius 2 is 2.07 bits per heavy atom. The van der Waals surface area contributed by atoms with E-state index in [1.165, 1.54) is 0 Å². The highest BCUT2D eigenvalue weighted by Gasteiger charge is 2.17. The fraction of sp³-hybridized carbons (Fsp3) is 0.421. The fourth-order valence-electron chi connectivity index (χ4n) is 2.82. The van der Waals surface area contributed by atoms with Gasteiger partial charge in [-0.05, 0) is 43.6 Å². The lowest BCUT2D eigenvalue weighted by atomic mass is 10.1. The fourth-order valence-corrected chi connectivity index (χ4v) is 3.54. The molecule has 0 spiro atoms. The molecule has 148 valence electrons. The van der Waals surface area contributed by atoms with Gasteiger partial charge in [-0.25, -0.2) is 4.98 Å². The van der Waals surface area contributed by atoms with E-state index in [1.807, 2.05) is 43.3 Å². The van der Waals surface area contributed by atoms with Crippen molar-refractivity contribution in [2.24, 2.45) is 12.2 Å². The molecule has 0 N–H and O–H groups in total. The van der Waals surface area contributed by atoms with Gasteiger partial charge in [-0.15, -0.1) is 16.9 Å². The van der Waals surface area contributed by atoms with Crippen LogP contribution in [0.5, 0.6) is 0 Å². The number of nitrogens with zero attached hydrogens (tertiary/aromatic N) is 6. The molecule has 0 radical (unpaired) electrons. The quantitative estimate of drug-likeness (QED) is 0.251. The lowest BCUT2D eigenvalue weighted by Gasteiger charge is -2.10. The van der Waals surface area contributed by atoms with Gasteiger partial charge in [-0.1, -0.05) is 12.1 Å². The third kappa shape index (κ3) is 4.30. The number of thioether (sulfide) groups is 2. The molecule has 3 heterocycles. The SMILES string of the molecule is CCc1cc(/C(=N/OCCSC)SC)cnc1-c1nc2cc(C)nnc2n1C. The van der Waals surface area contributed by atoms with E-state index < -0.39 is 0 Å². The maximum atomic E-state index is 5.43. The molecule has 0 aliphatic rings. The van der Waals surface area contributed by atoms with Gasteiger partial charge in [-0.2, -0.15) is 16.9 Å². The highest BCUT2D eigenvalue weighted by Crippen LogP contribution is 2.26. The molecule has 3 aromatic heterocycles. The summed E-state index contributed by atoms with van der Waals surface area (Å²) >= 11 is 3.28. The highest BCUT2D eigenvalue weighted by atomic mass is 32.2. The van der Waals surface area contributed by atoms with Crippen LogP contribution in [0.15, 0.2) is 23.5 Å². The number of pyridine rings is 1. The van der Waals surface area contributed by atoms with Crippen LogP contribution in [0, 0.1) is 6.92 Å². The predicted octanol–water partition coefficient (Wildman–Crippen LogP) is 3.70. The molecule has 0 atom stereocenters. The average Bonchev–Trinajstić information content (AvgIpc) is 3.03. The second-order valence-corrected chi connectivity index (χ2v) is 7.98. The number of oxime groups is 1. The molecule has 0 saturated carbocycles. The molecule has 0 bridgehead atoms. The second-order valence-electron chi connectivity index (χ2n) is 6.20. The molecule has 0 fully saturated rings. The summed E-state index contributed by atoms with van der Waals surface area (Å²) in [5, 5.41) is 13.5. The van der Waals surface area contributed by atoms with E-state index in [0.29, 0.717) is 6.61 Å². The van der Waals surface area contributed by atoms with E-state index in [9.17, 15) is 0 Å². The smallest absolute Gasteiger partial charge is 0.182 e. The monoisotopic (exact) mass is 416 g/mol. The van der Waals surface area contributed by atoms with Gasteiger partial charge in [0.1, 0.15) is 22.9 Å². The second kappa shape index (κ2) is 9.38. The molecule has 0 aliphatic heterocycles. The van der Waals surface area contributed by atoms with Crippen LogP contribution in [0.2, 0.25) is 0 Å². The average molecular weight is 417 g/mol. The molecule has 7 nitrogen and oxygen atoms in total. The van der Waals surface area contributed by atoms with Gasteiger partial charge in [0.05, 0.1) is 5.69 Å². The zero-order chi connectivity index (χ0) is 20.1. The zero-order valence-corrected chi connectivity index (χ0v) is 18.4. The van der Waals surface area contributed by atoms with Crippen LogP contribution < -0.4 is 0 Å². The van der Waals surface area contributed by atoms with Crippen molar-refractivity contribution in [3.05, 3.63) is 35.2 Å². The number of fused-ring (bicyclic) bond motifs is 1. The zero-order valence-electron chi connectivity index (χ0n) is 16.8. The summed E-state index contributed by atoms with van der Waals surface area (Å²) in [7, 11) is 1.94. The van der Waals surface area contributed by atoms with Crippen molar-refractivity contribution in [3.8, 4) is 11.5 Å². The Morgan fingerprint density at radius 3 is 2.79 bits per heavy atom. The van der Waals surface area contributed by atoms with E-state index in [1.54, 1.807) is 23.5 Å². The van der Waals surface area contributed by atoms with Crippen molar-refractivity contribution in [3.63, 3.8) is 0 Å². The minimum absolute atomic E-state index is 0.595. The number of imidazole rings is 1. The number of aromatic nitrogens is 5. The Balaban J connectivity index is 1.99. The van der Waals surface area contributed by atoms with Crippen LogP contribution in [0.25, 0.3) is 22.7 Å². The van der Waals surface area contributed by atoms with Crippen molar-refractivity contribution < 1.29 is 4.84 Å². The summed E-state index contributed by atoms with van der Waals surface area (Å²) in [6, 6.07) is 4.06. The predicted molar refractivity (Wildman–Crippen MR) is 118 cm³/mol. The number of hydrogen-bond acceptors (Lipinski definition) is 8. The maximum absolute atomic E-state index is 5.43. The van der Waals surface area contributed by atoms with Gasteiger partial charge in [0.2, 0.25) is 0 Å². The molecular formula is C19H24N6OS2. The Labute approximate surface area is 173 Å². The maximum Gasteiger partial charge on any atom is 0.182 e. The van der Waals surface area contributed by atoms with Crippen molar-refractivity contribution >= 4 is 39.7 Å². The van der Waals surface area contributed by atoms with Crippen LogP contribution in [0.4, 0.5) is 0 Å². The summed E-state index contributed by atoms with van der Waals surface area (Å²) < 4.78 is 1.94. The molecular weight excluding hydrogens is 392 g/mol. The Kier molecular flexibility index (Phi) is 6.90. The Hall–Kier alpha value is -2.13. The third-order valence-electron chi connectivity index (χ3n) is 4.26. The Bertz CT molecular complexity index is 1000. The largest absolute Gasteiger partial charge is 0.394 e. The molecule has 0 saturated heterocycles.